The summed E-state index contributed by atoms with van der Waals surface area (Å²) in [6.07, 6.45) is 5.46. The number of nitrogens with zero attached hydrogens (tertiary/aromatic N) is 2. The van der Waals surface area contributed by atoms with Crippen LogP contribution < -0.4 is 9.64 Å². The zero-order valence-corrected chi connectivity index (χ0v) is 11.5. The first-order valence-corrected chi connectivity index (χ1v) is 6.91. The van der Waals surface area contributed by atoms with Gasteiger partial charge in [-0.15, -0.1) is 0 Å². The predicted octanol–water partition coefficient (Wildman–Crippen LogP) is 4.12. The molecular weight excluding hydrogens is 244 g/mol. The fraction of sp³-hybridized carbons (Fsp3) is 0.357. The molecule has 1 heterocycles. The lowest BCUT2D eigenvalue weighted by Crippen LogP contribution is -2.18. The molecule has 0 N–H and O–H groups in total. The molecule has 2 rings (SSSR count). The maximum absolute atomic E-state index is 9.33. The molecule has 0 fully saturated rings. The van der Waals surface area contributed by atoms with Crippen LogP contribution in [0.2, 0.25) is 0 Å². The summed E-state index contributed by atoms with van der Waals surface area (Å²) >= 11 is 1.66. The molecule has 18 heavy (non-hydrogen) atoms. The van der Waals surface area contributed by atoms with Gasteiger partial charge in [-0.2, -0.15) is 5.26 Å². The van der Waals surface area contributed by atoms with Crippen LogP contribution in [-0.2, 0) is 0 Å². The maximum Gasteiger partial charge on any atom is 0.189 e. The normalized spacial score (nSPS) is 13.6. The molecule has 0 aliphatic carbocycles. The first kappa shape index (κ1) is 12.8. The first-order valence-electron chi connectivity index (χ1n) is 6.03. The Labute approximate surface area is 112 Å². The van der Waals surface area contributed by atoms with Crippen molar-refractivity contribution in [2.45, 2.75) is 31.1 Å². The van der Waals surface area contributed by atoms with Gasteiger partial charge in [-0.3, -0.25) is 4.90 Å². The molecule has 0 unspecified atom stereocenters. The lowest BCUT2D eigenvalue weighted by Gasteiger charge is -2.25. The highest BCUT2D eigenvalue weighted by atomic mass is 32.2. The van der Waals surface area contributed by atoms with Gasteiger partial charge in [0.05, 0.1) is 12.8 Å². The van der Waals surface area contributed by atoms with E-state index in [1.165, 1.54) is 0 Å². The number of hydrogen-bond acceptors (Lipinski definition) is 4. The van der Waals surface area contributed by atoms with Crippen LogP contribution in [0.15, 0.2) is 34.2 Å². The number of allylic oxidation sites excluding steroid dienone is 1. The van der Waals surface area contributed by atoms with Crippen molar-refractivity contribution < 1.29 is 4.74 Å². The largest absolute Gasteiger partial charge is 0.497 e. The lowest BCUT2D eigenvalue weighted by molar-refractivity contribution is 0.413. The summed E-state index contributed by atoms with van der Waals surface area (Å²) in [6, 6.07) is 5.81. The number of methoxy groups -OCH3 is 1. The highest BCUT2D eigenvalue weighted by molar-refractivity contribution is 8.02. The van der Waals surface area contributed by atoms with Gasteiger partial charge in [0, 0.05) is 10.6 Å². The van der Waals surface area contributed by atoms with Crippen molar-refractivity contribution in [1.29, 1.82) is 5.26 Å². The van der Waals surface area contributed by atoms with E-state index in [0.717, 1.165) is 41.3 Å². The van der Waals surface area contributed by atoms with Crippen molar-refractivity contribution in [3.05, 3.63) is 29.3 Å². The number of rotatable bonds is 4. The second-order valence-corrected chi connectivity index (χ2v) is 5.01. The summed E-state index contributed by atoms with van der Waals surface area (Å²) in [4.78, 5) is 2.79. The average molecular weight is 260 g/mol. The Kier molecular flexibility index (Phi) is 4.16. The van der Waals surface area contributed by atoms with E-state index >= 15 is 0 Å². The predicted molar refractivity (Wildman–Crippen MR) is 74.6 cm³/mol. The summed E-state index contributed by atoms with van der Waals surface area (Å²) in [5.41, 5.74) is 2.04. The second kappa shape index (κ2) is 5.83. The van der Waals surface area contributed by atoms with E-state index in [1.807, 2.05) is 18.2 Å². The van der Waals surface area contributed by atoms with Gasteiger partial charge in [-0.05, 0) is 36.4 Å². The third-order valence-corrected chi connectivity index (χ3v) is 3.87. The minimum absolute atomic E-state index is 0.824. The summed E-state index contributed by atoms with van der Waals surface area (Å²) in [5, 5.41) is 11.4. The van der Waals surface area contributed by atoms with Crippen molar-refractivity contribution in [2.24, 2.45) is 0 Å². The molecule has 0 radical (unpaired) electrons. The Bertz CT molecular complexity index is 505. The van der Waals surface area contributed by atoms with Crippen molar-refractivity contribution >= 4 is 17.4 Å². The molecule has 0 spiro atoms. The molecule has 1 aromatic carbocycles. The summed E-state index contributed by atoms with van der Waals surface area (Å²) in [7, 11) is 1.65. The smallest absolute Gasteiger partial charge is 0.189 e. The van der Waals surface area contributed by atoms with Crippen molar-refractivity contribution in [1.82, 2.24) is 0 Å². The number of hydrogen-bond donors (Lipinski definition) is 0. The molecule has 3 nitrogen and oxygen atoms in total. The van der Waals surface area contributed by atoms with Crippen molar-refractivity contribution in [3.63, 3.8) is 0 Å². The Hall–Kier alpha value is -1.60. The van der Waals surface area contributed by atoms with Crippen LogP contribution in [-0.4, -0.2) is 7.11 Å². The SMILES string of the molecule is CCCCC1=CSc2cc(OC)ccc2N1C#N. The number of anilines is 1. The molecule has 1 aromatic rings. The van der Waals surface area contributed by atoms with E-state index in [4.69, 9.17) is 4.74 Å². The summed E-state index contributed by atoms with van der Waals surface area (Å²) in [6.45, 7) is 2.16. The first-order chi connectivity index (χ1) is 8.80. The molecule has 0 aromatic heterocycles. The van der Waals surface area contributed by atoms with E-state index < -0.39 is 0 Å². The molecule has 0 saturated carbocycles. The Morgan fingerprint density at radius 2 is 2.28 bits per heavy atom. The van der Waals surface area contributed by atoms with Crippen molar-refractivity contribution in [3.8, 4) is 11.9 Å². The molecule has 4 heteroatoms. The Morgan fingerprint density at radius 3 is 2.94 bits per heavy atom. The van der Waals surface area contributed by atoms with E-state index in [-0.39, 0.29) is 0 Å². The monoisotopic (exact) mass is 260 g/mol. The lowest BCUT2D eigenvalue weighted by atomic mass is 10.2. The van der Waals surface area contributed by atoms with Crippen LogP contribution in [0.1, 0.15) is 26.2 Å². The third-order valence-electron chi connectivity index (χ3n) is 2.90. The molecule has 0 bridgehead atoms. The van der Waals surface area contributed by atoms with Crippen molar-refractivity contribution in [2.75, 3.05) is 12.0 Å². The van der Waals surface area contributed by atoms with Gasteiger partial charge < -0.3 is 4.74 Å². The van der Waals surface area contributed by atoms with Gasteiger partial charge >= 0.3 is 0 Å². The van der Waals surface area contributed by atoms with Gasteiger partial charge in [0.1, 0.15) is 5.75 Å². The maximum atomic E-state index is 9.33. The van der Waals surface area contributed by atoms with Gasteiger partial charge in [0.25, 0.3) is 0 Å². The van der Waals surface area contributed by atoms with Crippen LogP contribution in [0.3, 0.4) is 0 Å². The van der Waals surface area contributed by atoms with Gasteiger partial charge in [0.15, 0.2) is 6.19 Å². The minimum Gasteiger partial charge on any atom is -0.497 e. The molecule has 1 aliphatic rings. The third kappa shape index (κ3) is 2.46. The number of thioether (sulfide) groups is 1. The number of benzene rings is 1. The summed E-state index contributed by atoms with van der Waals surface area (Å²) < 4.78 is 5.21. The minimum atomic E-state index is 0.824. The van der Waals surface area contributed by atoms with Crippen LogP contribution in [0, 0.1) is 11.5 Å². The Morgan fingerprint density at radius 1 is 1.44 bits per heavy atom. The second-order valence-electron chi connectivity index (χ2n) is 4.10. The van der Waals surface area contributed by atoms with Crippen LogP contribution in [0.5, 0.6) is 5.75 Å². The van der Waals surface area contributed by atoms with E-state index in [1.54, 1.807) is 23.8 Å². The average Bonchev–Trinajstić information content (AvgIpc) is 2.43. The molecule has 94 valence electrons. The highest BCUT2D eigenvalue weighted by Gasteiger charge is 2.20. The molecular formula is C14H16N2OS. The Balaban J connectivity index is 2.29. The molecule has 0 saturated heterocycles. The fourth-order valence-corrected chi connectivity index (χ4v) is 2.84. The van der Waals surface area contributed by atoms with Gasteiger partial charge in [-0.1, -0.05) is 25.1 Å². The molecule has 0 atom stereocenters. The molecule has 0 amide bonds. The fourth-order valence-electron chi connectivity index (χ4n) is 1.89. The van der Waals surface area contributed by atoms with Crippen LogP contribution >= 0.6 is 11.8 Å². The standard InChI is InChI=1S/C14H16N2OS/c1-3-4-5-11-9-18-14-8-12(17-2)6-7-13(14)16(11)10-15/h6-9H,3-5H2,1-2H3. The number of nitriles is 1. The number of unbranched alkanes of at least 4 members (excludes halogenated alkanes) is 1. The zero-order chi connectivity index (χ0) is 13.0. The van der Waals surface area contributed by atoms with Gasteiger partial charge in [0.2, 0.25) is 0 Å². The van der Waals surface area contributed by atoms with E-state index in [9.17, 15) is 5.26 Å². The topological polar surface area (TPSA) is 36.3 Å². The van der Waals surface area contributed by atoms with E-state index in [0.29, 0.717) is 0 Å². The van der Waals surface area contributed by atoms with Crippen LogP contribution in [0.4, 0.5) is 5.69 Å². The van der Waals surface area contributed by atoms with Crippen LogP contribution in [0.25, 0.3) is 0 Å². The quantitative estimate of drug-likeness (QED) is 0.763. The van der Waals surface area contributed by atoms with E-state index in [2.05, 4.69) is 18.5 Å². The summed E-state index contributed by atoms with van der Waals surface area (Å²) in [5.74, 6) is 0.824. The highest BCUT2D eigenvalue weighted by Crippen LogP contribution is 2.41. The van der Waals surface area contributed by atoms with Gasteiger partial charge in [-0.25, -0.2) is 0 Å². The molecule has 1 aliphatic heterocycles. The number of ether oxygens (including phenoxy) is 1. The number of fused-ring (bicyclic) bond motifs is 1. The zero-order valence-electron chi connectivity index (χ0n) is 10.6.